The summed E-state index contributed by atoms with van der Waals surface area (Å²) in [6, 6.07) is 7.28. The normalized spacial score (nSPS) is 18.9. The SMILES string of the molecule is Cc1nn(CCO)c(C)c1CN1CCOC(c2cccc(O)c2)C1. The van der Waals surface area contributed by atoms with E-state index >= 15 is 0 Å². The Bertz CT molecular complexity index is 699. The molecule has 0 saturated carbocycles. The van der Waals surface area contributed by atoms with Gasteiger partial charge in [0.15, 0.2) is 0 Å². The van der Waals surface area contributed by atoms with Gasteiger partial charge < -0.3 is 14.9 Å². The molecule has 24 heavy (non-hydrogen) atoms. The lowest BCUT2D eigenvalue weighted by Crippen LogP contribution is -2.38. The Labute approximate surface area is 142 Å². The molecule has 130 valence electrons. The molecule has 1 atom stereocenters. The molecule has 6 heteroatoms. The smallest absolute Gasteiger partial charge is 0.115 e. The number of hydrogen-bond donors (Lipinski definition) is 2. The summed E-state index contributed by atoms with van der Waals surface area (Å²) >= 11 is 0. The zero-order chi connectivity index (χ0) is 17.1. The van der Waals surface area contributed by atoms with E-state index in [1.807, 2.05) is 23.7 Å². The molecule has 1 unspecified atom stereocenters. The average Bonchev–Trinajstić information content (AvgIpc) is 2.83. The Morgan fingerprint density at radius 1 is 1.33 bits per heavy atom. The second kappa shape index (κ2) is 7.34. The van der Waals surface area contributed by atoms with Gasteiger partial charge in [-0.3, -0.25) is 9.58 Å². The van der Waals surface area contributed by atoms with Crippen LogP contribution in [0.5, 0.6) is 5.75 Å². The first-order valence-electron chi connectivity index (χ1n) is 8.35. The molecular formula is C18H25N3O3. The molecule has 0 bridgehead atoms. The number of aliphatic hydroxyl groups is 1. The van der Waals surface area contributed by atoms with Crippen LogP contribution in [0.4, 0.5) is 0 Å². The molecule has 0 spiro atoms. The lowest BCUT2D eigenvalue weighted by atomic mass is 10.1. The molecule has 3 rings (SSSR count). The number of morpholine rings is 1. The third-order valence-corrected chi connectivity index (χ3v) is 4.62. The summed E-state index contributed by atoms with van der Waals surface area (Å²) in [4.78, 5) is 2.36. The lowest BCUT2D eigenvalue weighted by molar-refractivity contribution is -0.0331. The second-order valence-corrected chi connectivity index (χ2v) is 6.29. The maximum atomic E-state index is 9.67. The number of phenols is 1. The van der Waals surface area contributed by atoms with Crippen molar-refractivity contribution in [1.82, 2.24) is 14.7 Å². The third kappa shape index (κ3) is 3.61. The summed E-state index contributed by atoms with van der Waals surface area (Å²) in [7, 11) is 0. The van der Waals surface area contributed by atoms with Crippen LogP contribution in [0, 0.1) is 13.8 Å². The van der Waals surface area contributed by atoms with E-state index in [0.717, 1.165) is 36.6 Å². The number of phenolic OH excluding ortho intramolecular Hbond substituents is 1. The van der Waals surface area contributed by atoms with Crippen molar-refractivity contribution in [1.29, 1.82) is 0 Å². The van der Waals surface area contributed by atoms with Crippen molar-refractivity contribution in [3.63, 3.8) is 0 Å². The van der Waals surface area contributed by atoms with Gasteiger partial charge >= 0.3 is 0 Å². The van der Waals surface area contributed by atoms with Crippen LogP contribution < -0.4 is 0 Å². The van der Waals surface area contributed by atoms with Crippen LogP contribution in [-0.4, -0.2) is 51.2 Å². The minimum Gasteiger partial charge on any atom is -0.508 e. The molecule has 1 aliphatic rings. The van der Waals surface area contributed by atoms with Gasteiger partial charge in [0.1, 0.15) is 5.75 Å². The Kier molecular flexibility index (Phi) is 5.18. The monoisotopic (exact) mass is 331 g/mol. The number of hydrogen-bond acceptors (Lipinski definition) is 5. The van der Waals surface area contributed by atoms with Gasteiger partial charge in [-0.2, -0.15) is 5.10 Å². The van der Waals surface area contributed by atoms with Crippen molar-refractivity contribution in [3.8, 4) is 5.75 Å². The number of benzene rings is 1. The Hall–Kier alpha value is -1.89. The Balaban J connectivity index is 1.72. The number of ether oxygens (including phenoxy) is 1. The highest BCUT2D eigenvalue weighted by atomic mass is 16.5. The summed E-state index contributed by atoms with van der Waals surface area (Å²) in [5, 5.41) is 23.3. The highest BCUT2D eigenvalue weighted by Crippen LogP contribution is 2.26. The summed E-state index contributed by atoms with van der Waals surface area (Å²) in [5.74, 6) is 0.269. The van der Waals surface area contributed by atoms with Gasteiger partial charge in [0, 0.05) is 30.9 Å². The maximum Gasteiger partial charge on any atom is 0.115 e. The lowest BCUT2D eigenvalue weighted by Gasteiger charge is -2.33. The second-order valence-electron chi connectivity index (χ2n) is 6.29. The first kappa shape index (κ1) is 17.0. The topological polar surface area (TPSA) is 70.8 Å². The molecule has 2 aromatic rings. The zero-order valence-corrected chi connectivity index (χ0v) is 14.3. The van der Waals surface area contributed by atoms with Crippen LogP contribution in [0.3, 0.4) is 0 Å². The Morgan fingerprint density at radius 2 is 2.17 bits per heavy atom. The largest absolute Gasteiger partial charge is 0.508 e. The molecule has 2 heterocycles. The molecule has 0 aliphatic carbocycles. The number of aryl methyl sites for hydroxylation is 1. The van der Waals surface area contributed by atoms with E-state index in [2.05, 4.69) is 16.9 Å². The minimum atomic E-state index is -0.0288. The van der Waals surface area contributed by atoms with Gasteiger partial charge in [-0.1, -0.05) is 12.1 Å². The molecule has 0 amide bonds. The van der Waals surface area contributed by atoms with E-state index in [9.17, 15) is 5.11 Å². The van der Waals surface area contributed by atoms with E-state index in [1.165, 1.54) is 5.56 Å². The standard InChI is InChI=1S/C18H25N3O3/c1-13-17(14(2)21(19-13)6-8-22)11-20-7-9-24-18(12-20)15-4-3-5-16(23)10-15/h3-5,10,18,22-23H,6-9,11-12H2,1-2H3. The van der Waals surface area contributed by atoms with Gasteiger partial charge in [-0.05, 0) is 31.5 Å². The van der Waals surface area contributed by atoms with Crippen molar-refractivity contribution in [2.75, 3.05) is 26.3 Å². The van der Waals surface area contributed by atoms with E-state index < -0.39 is 0 Å². The van der Waals surface area contributed by atoms with Gasteiger partial charge in [-0.15, -0.1) is 0 Å². The molecule has 1 aliphatic heterocycles. The molecule has 1 aromatic heterocycles. The van der Waals surface area contributed by atoms with E-state index in [1.54, 1.807) is 12.1 Å². The number of aliphatic hydroxyl groups excluding tert-OH is 1. The van der Waals surface area contributed by atoms with Crippen LogP contribution in [0.1, 0.15) is 28.6 Å². The van der Waals surface area contributed by atoms with E-state index in [0.29, 0.717) is 13.2 Å². The number of aromatic hydroxyl groups is 1. The third-order valence-electron chi connectivity index (χ3n) is 4.62. The highest BCUT2D eigenvalue weighted by molar-refractivity contribution is 5.29. The quantitative estimate of drug-likeness (QED) is 0.874. The zero-order valence-electron chi connectivity index (χ0n) is 14.3. The Morgan fingerprint density at radius 3 is 2.92 bits per heavy atom. The van der Waals surface area contributed by atoms with Crippen LogP contribution in [0.25, 0.3) is 0 Å². The number of nitrogens with zero attached hydrogens (tertiary/aromatic N) is 3. The number of aromatic nitrogens is 2. The summed E-state index contributed by atoms with van der Waals surface area (Å²) in [6.07, 6.45) is -0.0288. The molecule has 6 nitrogen and oxygen atoms in total. The highest BCUT2D eigenvalue weighted by Gasteiger charge is 2.24. The van der Waals surface area contributed by atoms with Gasteiger partial charge in [-0.25, -0.2) is 0 Å². The maximum absolute atomic E-state index is 9.67. The predicted octanol–water partition coefficient (Wildman–Crippen LogP) is 1.77. The summed E-state index contributed by atoms with van der Waals surface area (Å²) < 4.78 is 7.76. The van der Waals surface area contributed by atoms with Crippen LogP contribution in [0.15, 0.2) is 24.3 Å². The first-order chi connectivity index (χ1) is 11.6. The molecule has 1 fully saturated rings. The van der Waals surface area contributed by atoms with Crippen LogP contribution >= 0.6 is 0 Å². The molecule has 0 radical (unpaired) electrons. The predicted molar refractivity (Wildman–Crippen MR) is 90.9 cm³/mol. The van der Waals surface area contributed by atoms with Crippen LogP contribution in [-0.2, 0) is 17.8 Å². The average molecular weight is 331 g/mol. The fourth-order valence-corrected chi connectivity index (χ4v) is 3.27. The van der Waals surface area contributed by atoms with Crippen molar-refractivity contribution in [2.45, 2.75) is 33.0 Å². The molecule has 1 saturated heterocycles. The fourth-order valence-electron chi connectivity index (χ4n) is 3.27. The van der Waals surface area contributed by atoms with Gasteiger partial charge in [0.2, 0.25) is 0 Å². The van der Waals surface area contributed by atoms with Crippen molar-refractivity contribution in [2.24, 2.45) is 0 Å². The van der Waals surface area contributed by atoms with Crippen molar-refractivity contribution < 1.29 is 14.9 Å². The molecule has 2 N–H and O–H groups in total. The fraction of sp³-hybridized carbons (Fsp3) is 0.500. The molecule has 1 aromatic carbocycles. The molecular weight excluding hydrogens is 306 g/mol. The van der Waals surface area contributed by atoms with Crippen molar-refractivity contribution in [3.05, 3.63) is 46.8 Å². The minimum absolute atomic E-state index is 0.0288. The van der Waals surface area contributed by atoms with Crippen LogP contribution in [0.2, 0.25) is 0 Å². The first-order valence-corrected chi connectivity index (χ1v) is 8.35. The van der Waals surface area contributed by atoms with E-state index in [-0.39, 0.29) is 18.5 Å². The van der Waals surface area contributed by atoms with E-state index in [4.69, 9.17) is 9.84 Å². The van der Waals surface area contributed by atoms with Gasteiger partial charge in [0.05, 0.1) is 31.6 Å². The number of rotatable bonds is 5. The van der Waals surface area contributed by atoms with Gasteiger partial charge in [0.25, 0.3) is 0 Å². The summed E-state index contributed by atoms with van der Waals surface area (Å²) in [6.45, 7) is 7.85. The van der Waals surface area contributed by atoms with Crippen molar-refractivity contribution >= 4 is 0 Å². The summed E-state index contributed by atoms with van der Waals surface area (Å²) in [5.41, 5.74) is 4.35.